The van der Waals surface area contributed by atoms with E-state index < -0.39 is 4.92 Å². The van der Waals surface area contributed by atoms with E-state index in [-0.39, 0.29) is 5.69 Å². The van der Waals surface area contributed by atoms with Crippen LogP contribution in [0.5, 0.6) is 0 Å². The second-order valence-corrected chi connectivity index (χ2v) is 7.86. The molecule has 0 amide bonds. The van der Waals surface area contributed by atoms with E-state index in [9.17, 15) is 10.1 Å². The van der Waals surface area contributed by atoms with Gasteiger partial charge in [-0.2, -0.15) is 0 Å². The number of rotatable bonds is 5. The van der Waals surface area contributed by atoms with Crippen LogP contribution in [-0.2, 0) is 0 Å². The van der Waals surface area contributed by atoms with Crippen molar-refractivity contribution in [2.24, 2.45) is 4.99 Å². The smallest absolute Gasteiger partial charge is 0.269 e. The summed E-state index contributed by atoms with van der Waals surface area (Å²) in [4.78, 5) is 16.6. The van der Waals surface area contributed by atoms with Gasteiger partial charge >= 0.3 is 0 Å². The average Bonchev–Trinajstić information content (AvgIpc) is 2.93. The normalized spacial score (nSPS) is 11.1. The van der Waals surface area contributed by atoms with Gasteiger partial charge < -0.3 is 4.42 Å². The molecule has 0 bridgehead atoms. The standard InChI is InChI=1S/C17H10BrIN2O3S/c18-16-9-13(24-17(16)19)10-20-11-1-5-14(6-2-11)25-15-7-3-12(4-8-15)21(22)23/h1-10H. The summed E-state index contributed by atoms with van der Waals surface area (Å²) in [7, 11) is 0. The maximum Gasteiger partial charge on any atom is 0.269 e. The van der Waals surface area contributed by atoms with Crippen LogP contribution in [0.1, 0.15) is 5.76 Å². The van der Waals surface area contributed by atoms with Crippen molar-refractivity contribution < 1.29 is 9.34 Å². The van der Waals surface area contributed by atoms with E-state index in [1.54, 1.807) is 18.3 Å². The quantitative estimate of drug-likeness (QED) is 0.165. The first-order chi connectivity index (χ1) is 12.0. The van der Waals surface area contributed by atoms with Crippen molar-refractivity contribution in [2.75, 3.05) is 0 Å². The number of hydrogen-bond donors (Lipinski definition) is 0. The third kappa shape index (κ3) is 4.93. The molecule has 5 nitrogen and oxygen atoms in total. The molecule has 1 aromatic heterocycles. The van der Waals surface area contributed by atoms with Crippen LogP contribution in [0.2, 0.25) is 0 Å². The second-order valence-electron chi connectivity index (χ2n) is 4.88. The largest absolute Gasteiger partial charge is 0.448 e. The van der Waals surface area contributed by atoms with E-state index in [4.69, 9.17) is 4.42 Å². The Balaban J connectivity index is 1.66. The molecule has 3 aromatic rings. The summed E-state index contributed by atoms with van der Waals surface area (Å²) in [5, 5.41) is 10.7. The number of benzene rings is 2. The lowest BCUT2D eigenvalue weighted by molar-refractivity contribution is -0.384. The second kappa shape index (κ2) is 8.15. The summed E-state index contributed by atoms with van der Waals surface area (Å²) in [5.74, 6) is 0.681. The zero-order valence-corrected chi connectivity index (χ0v) is 17.1. The molecule has 1 heterocycles. The summed E-state index contributed by atoms with van der Waals surface area (Å²) in [6.07, 6.45) is 1.67. The van der Waals surface area contributed by atoms with Crippen molar-refractivity contribution in [3.8, 4) is 0 Å². The number of furan rings is 1. The molecule has 0 radical (unpaired) electrons. The number of halogens is 2. The molecular weight excluding hydrogens is 519 g/mol. The van der Waals surface area contributed by atoms with E-state index in [0.717, 1.165) is 23.7 Å². The van der Waals surface area contributed by atoms with Crippen LogP contribution in [0, 0.1) is 13.9 Å². The molecule has 0 atom stereocenters. The molecule has 0 aliphatic carbocycles. The maximum atomic E-state index is 10.7. The lowest BCUT2D eigenvalue weighted by Gasteiger charge is -2.02. The van der Waals surface area contributed by atoms with Gasteiger partial charge in [0.05, 0.1) is 21.3 Å². The van der Waals surface area contributed by atoms with Crippen LogP contribution >= 0.6 is 50.3 Å². The lowest BCUT2D eigenvalue weighted by atomic mass is 10.3. The van der Waals surface area contributed by atoms with Crippen molar-refractivity contribution in [1.29, 1.82) is 0 Å². The molecule has 3 rings (SSSR count). The minimum atomic E-state index is -0.403. The minimum Gasteiger partial charge on any atom is -0.448 e. The van der Waals surface area contributed by atoms with Gasteiger partial charge in [-0.15, -0.1) is 0 Å². The van der Waals surface area contributed by atoms with Crippen molar-refractivity contribution in [1.82, 2.24) is 0 Å². The first kappa shape index (κ1) is 18.2. The lowest BCUT2D eigenvalue weighted by Crippen LogP contribution is -1.86. The van der Waals surface area contributed by atoms with Gasteiger partial charge in [-0.05, 0) is 52.3 Å². The number of nitro groups is 1. The fourth-order valence-corrected chi connectivity index (χ4v) is 3.47. The van der Waals surface area contributed by atoms with Crippen LogP contribution in [0.25, 0.3) is 0 Å². The molecule has 0 saturated heterocycles. The Morgan fingerprint density at radius 2 is 1.72 bits per heavy atom. The zero-order valence-electron chi connectivity index (χ0n) is 12.6. The van der Waals surface area contributed by atoms with Crippen LogP contribution in [0.15, 0.2) is 78.3 Å². The van der Waals surface area contributed by atoms with Crippen molar-refractivity contribution in [3.05, 3.63) is 78.7 Å². The molecule has 8 heteroatoms. The Kier molecular flexibility index (Phi) is 5.92. The summed E-state index contributed by atoms with van der Waals surface area (Å²) in [6.45, 7) is 0. The summed E-state index contributed by atoms with van der Waals surface area (Å²) >= 11 is 7.03. The van der Waals surface area contributed by atoms with Gasteiger partial charge in [-0.3, -0.25) is 15.1 Å². The maximum absolute atomic E-state index is 10.7. The van der Waals surface area contributed by atoms with E-state index >= 15 is 0 Å². The third-order valence-electron chi connectivity index (χ3n) is 3.13. The first-order valence-corrected chi connectivity index (χ1v) is 9.71. The predicted molar refractivity (Wildman–Crippen MR) is 110 cm³/mol. The molecule has 25 heavy (non-hydrogen) atoms. The highest BCUT2D eigenvalue weighted by molar-refractivity contribution is 14.1. The molecule has 0 N–H and O–H groups in total. The van der Waals surface area contributed by atoms with E-state index in [1.807, 2.05) is 30.3 Å². The highest BCUT2D eigenvalue weighted by atomic mass is 127. The fourth-order valence-electron chi connectivity index (χ4n) is 1.94. The number of nitrogens with zero attached hydrogens (tertiary/aromatic N) is 2. The van der Waals surface area contributed by atoms with E-state index in [1.165, 1.54) is 23.9 Å². The topological polar surface area (TPSA) is 68.6 Å². The van der Waals surface area contributed by atoms with Gasteiger partial charge in [-0.1, -0.05) is 11.8 Å². The third-order valence-corrected chi connectivity index (χ3v) is 6.27. The first-order valence-electron chi connectivity index (χ1n) is 7.02. The van der Waals surface area contributed by atoms with Crippen molar-refractivity contribution in [3.63, 3.8) is 0 Å². The van der Waals surface area contributed by atoms with Crippen LogP contribution in [-0.4, -0.2) is 11.1 Å². The van der Waals surface area contributed by atoms with Crippen molar-refractivity contribution in [2.45, 2.75) is 9.79 Å². The molecule has 0 aliphatic rings. The number of nitro benzene ring substituents is 1. The Labute approximate surface area is 170 Å². The Hall–Kier alpha value is -1.65. The highest BCUT2D eigenvalue weighted by Gasteiger charge is 2.05. The number of hydrogen-bond acceptors (Lipinski definition) is 5. The zero-order chi connectivity index (χ0) is 17.8. The summed E-state index contributed by atoms with van der Waals surface area (Å²) in [6, 6.07) is 16.1. The Bertz CT molecular complexity index is 905. The summed E-state index contributed by atoms with van der Waals surface area (Å²) in [5.41, 5.74) is 0.906. The van der Waals surface area contributed by atoms with Gasteiger partial charge in [-0.25, -0.2) is 0 Å². The molecule has 0 spiro atoms. The Morgan fingerprint density at radius 1 is 1.12 bits per heavy atom. The molecule has 0 saturated carbocycles. The van der Waals surface area contributed by atoms with Crippen LogP contribution in [0.3, 0.4) is 0 Å². The highest BCUT2D eigenvalue weighted by Crippen LogP contribution is 2.30. The van der Waals surface area contributed by atoms with Crippen LogP contribution in [0.4, 0.5) is 11.4 Å². The molecule has 0 fully saturated rings. The Morgan fingerprint density at radius 3 is 2.24 bits per heavy atom. The predicted octanol–water partition coefficient (Wildman–Crippen LogP) is 6.46. The monoisotopic (exact) mass is 528 g/mol. The van der Waals surface area contributed by atoms with Crippen LogP contribution < -0.4 is 0 Å². The fraction of sp³-hybridized carbons (Fsp3) is 0. The van der Waals surface area contributed by atoms with Gasteiger partial charge in [0, 0.05) is 50.6 Å². The number of non-ortho nitro benzene ring substituents is 1. The molecular formula is C17H10BrIN2O3S. The molecule has 126 valence electrons. The van der Waals surface area contributed by atoms with Gasteiger partial charge in [0.15, 0.2) is 3.77 Å². The molecule has 2 aromatic carbocycles. The number of aliphatic imine (C=N–C) groups is 1. The van der Waals surface area contributed by atoms with E-state index in [2.05, 4.69) is 43.5 Å². The molecule has 0 aliphatic heterocycles. The van der Waals surface area contributed by atoms with Gasteiger partial charge in [0.1, 0.15) is 5.76 Å². The average molecular weight is 529 g/mol. The van der Waals surface area contributed by atoms with Crippen molar-refractivity contribution >= 4 is 67.9 Å². The SMILES string of the molecule is O=[N+]([O-])c1ccc(Sc2ccc(N=Cc3cc(Br)c(I)o3)cc2)cc1. The van der Waals surface area contributed by atoms with Gasteiger partial charge in [0.25, 0.3) is 5.69 Å². The van der Waals surface area contributed by atoms with Gasteiger partial charge in [0.2, 0.25) is 0 Å². The summed E-state index contributed by atoms with van der Waals surface area (Å²) < 4.78 is 7.20. The van der Waals surface area contributed by atoms with E-state index in [0.29, 0.717) is 5.76 Å². The molecule has 0 unspecified atom stereocenters. The minimum absolute atomic E-state index is 0.0910.